The third-order valence-electron chi connectivity index (χ3n) is 4.02. The van der Waals surface area contributed by atoms with E-state index in [2.05, 4.69) is 41.3 Å². The third-order valence-corrected chi connectivity index (χ3v) is 4.68. The number of H-pyrrole nitrogens is 1. The highest BCUT2D eigenvalue weighted by Crippen LogP contribution is 2.35. The molecule has 3 rings (SSSR count). The zero-order valence-corrected chi connectivity index (χ0v) is 13.3. The van der Waals surface area contributed by atoms with Crippen LogP contribution < -0.4 is 10.9 Å². The number of hydrogen-bond acceptors (Lipinski definition) is 1. The van der Waals surface area contributed by atoms with Gasteiger partial charge >= 0.3 is 0 Å². The predicted molar refractivity (Wildman–Crippen MR) is 87.2 cm³/mol. The summed E-state index contributed by atoms with van der Waals surface area (Å²) >= 11 is 3.55. The molecule has 1 aromatic rings. The summed E-state index contributed by atoms with van der Waals surface area (Å²) in [6.45, 7) is 8.25. The summed E-state index contributed by atoms with van der Waals surface area (Å²) in [7, 11) is 0. The van der Waals surface area contributed by atoms with Gasteiger partial charge in [0, 0.05) is 21.4 Å². The first kappa shape index (κ1) is 13.4. The number of nitrogens with one attached hydrogen (secondary N) is 1. The highest BCUT2D eigenvalue weighted by Gasteiger charge is 2.24. The summed E-state index contributed by atoms with van der Waals surface area (Å²) in [6.07, 6.45) is 1.90. The molecule has 104 valence electrons. The number of halogens is 1. The fraction of sp³-hybridized carbons (Fsp3) is 0.312. The van der Waals surface area contributed by atoms with Crippen molar-refractivity contribution in [2.24, 2.45) is 0 Å². The molecule has 0 saturated heterocycles. The Morgan fingerprint density at radius 3 is 2.70 bits per heavy atom. The Hall–Kier alpha value is -1.55. The second-order valence-corrected chi connectivity index (χ2v) is 6.02. The molecule has 0 bridgehead atoms. The first-order valence-corrected chi connectivity index (χ1v) is 7.71. The van der Waals surface area contributed by atoms with E-state index in [1.807, 2.05) is 22.8 Å². The van der Waals surface area contributed by atoms with E-state index < -0.39 is 0 Å². The van der Waals surface area contributed by atoms with Crippen molar-refractivity contribution in [3.8, 4) is 11.3 Å². The molecule has 3 nitrogen and oxygen atoms in total. The molecule has 20 heavy (non-hydrogen) atoms. The quantitative estimate of drug-likeness (QED) is 0.780. The maximum Gasteiger partial charge on any atom is 0.259 e. The molecular formula is C16H17BrN2O. The van der Waals surface area contributed by atoms with Crippen LogP contribution in [0.5, 0.6) is 0 Å². The van der Waals surface area contributed by atoms with Crippen molar-refractivity contribution >= 4 is 33.4 Å². The molecule has 4 heteroatoms. The van der Waals surface area contributed by atoms with E-state index >= 15 is 0 Å². The van der Waals surface area contributed by atoms with Crippen LogP contribution in [0.25, 0.3) is 28.7 Å². The lowest BCUT2D eigenvalue weighted by Gasteiger charge is -2.17. The summed E-state index contributed by atoms with van der Waals surface area (Å²) in [5.74, 6) is 0. The van der Waals surface area contributed by atoms with Gasteiger partial charge in [0.25, 0.3) is 5.56 Å². The van der Waals surface area contributed by atoms with Crippen LogP contribution >= 0.6 is 15.9 Å². The molecule has 2 heterocycles. The molecule has 2 aliphatic rings. The largest absolute Gasteiger partial charge is 0.354 e. The molecule has 0 atom stereocenters. The smallest absolute Gasteiger partial charge is 0.259 e. The zero-order chi connectivity index (χ0) is 14.4. The van der Waals surface area contributed by atoms with Crippen LogP contribution in [0.15, 0.2) is 27.5 Å². The van der Waals surface area contributed by atoms with Crippen LogP contribution in [0.4, 0.5) is 0 Å². The first-order valence-electron chi connectivity index (χ1n) is 6.92. The van der Waals surface area contributed by atoms with Crippen LogP contribution in [0, 0.1) is 0 Å². The second kappa shape index (κ2) is 4.77. The molecule has 0 saturated carbocycles. The maximum absolute atomic E-state index is 12.7. The Bertz CT molecular complexity index is 842. The Balaban J connectivity index is 2.51. The molecule has 0 radical (unpaired) electrons. The molecule has 1 N–H and O–H groups in total. The molecule has 0 aromatic heterocycles. The van der Waals surface area contributed by atoms with Crippen molar-refractivity contribution in [2.45, 2.75) is 32.7 Å². The molecule has 0 fully saturated rings. The van der Waals surface area contributed by atoms with E-state index in [4.69, 9.17) is 0 Å². The van der Waals surface area contributed by atoms with Crippen molar-refractivity contribution < 1.29 is 0 Å². The monoisotopic (exact) mass is 332 g/mol. The van der Waals surface area contributed by atoms with Gasteiger partial charge in [-0.3, -0.25) is 4.79 Å². The summed E-state index contributed by atoms with van der Waals surface area (Å²) in [6, 6.07) is 6.03. The number of pyridine rings is 1. The fourth-order valence-electron chi connectivity index (χ4n) is 3.02. The molecule has 0 amide bonds. The van der Waals surface area contributed by atoms with Gasteiger partial charge in [-0.05, 0) is 47.0 Å². The average Bonchev–Trinajstić information content (AvgIpc) is 2.70. The minimum absolute atomic E-state index is 0.102. The molecule has 0 spiro atoms. The lowest BCUT2D eigenvalue weighted by Crippen LogP contribution is -2.21. The summed E-state index contributed by atoms with van der Waals surface area (Å²) in [5, 5.41) is 1.59. The van der Waals surface area contributed by atoms with Gasteiger partial charge in [-0.1, -0.05) is 20.4 Å². The second-order valence-electron chi connectivity index (χ2n) is 5.17. The Morgan fingerprint density at radius 2 is 2.05 bits per heavy atom. The van der Waals surface area contributed by atoms with Gasteiger partial charge in [0.05, 0.1) is 16.6 Å². The van der Waals surface area contributed by atoms with Gasteiger partial charge in [0.15, 0.2) is 0 Å². The Morgan fingerprint density at radius 1 is 1.35 bits per heavy atom. The highest BCUT2D eigenvalue weighted by molar-refractivity contribution is 9.10. The minimum Gasteiger partial charge on any atom is -0.354 e. The van der Waals surface area contributed by atoms with E-state index in [0.717, 1.165) is 44.8 Å². The number of benzene rings is 1. The number of nitrogens with zero attached hydrogens (tertiary/aromatic N) is 1. The van der Waals surface area contributed by atoms with Crippen molar-refractivity contribution in [2.75, 3.05) is 0 Å². The number of rotatable bonds is 3. The van der Waals surface area contributed by atoms with Gasteiger partial charge in [-0.2, -0.15) is 0 Å². The summed E-state index contributed by atoms with van der Waals surface area (Å²) < 4.78 is 2.90. The zero-order valence-electron chi connectivity index (χ0n) is 11.7. The van der Waals surface area contributed by atoms with E-state index in [9.17, 15) is 4.79 Å². The van der Waals surface area contributed by atoms with E-state index in [0.29, 0.717) is 0 Å². The molecule has 0 aliphatic carbocycles. The van der Waals surface area contributed by atoms with Crippen LogP contribution in [-0.2, 0) is 0 Å². The van der Waals surface area contributed by atoms with Gasteiger partial charge in [0.1, 0.15) is 0 Å². The average molecular weight is 333 g/mol. The van der Waals surface area contributed by atoms with Crippen molar-refractivity contribution in [3.05, 3.63) is 38.4 Å². The van der Waals surface area contributed by atoms with Crippen LogP contribution in [0.1, 0.15) is 32.7 Å². The number of aromatic nitrogens is 2. The van der Waals surface area contributed by atoms with E-state index in [1.54, 1.807) is 0 Å². The Labute approximate surface area is 125 Å². The van der Waals surface area contributed by atoms with Crippen molar-refractivity contribution in [1.29, 1.82) is 0 Å². The maximum atomic E-state index is 12.7. The lowest BCUT2D eigenvalue weighted by molar-refractivity contribution is 0.469. The minimum atomic E-state index is 0.102. The first-order chi connectivity index (χ1) is 9.58. The number of hydrogen-bond donors (Lipinski definition) is 1. The standard InChI is InChI=1S/C16H17BrN2O/c1-4-10(5-2)19-13-8-9(3)18-15-12(17)7-6-11(14(13)15)16(19)20/h6-8,10,18H,3-5H2,1-2H3. The lowest BCUT2D eigenvalue weighted by atomic mass is 10.1. The van der Waals surface area contributed by atoms with Crippen LogP contribution in [-0.4, -0.2) is 9.55 Å². The topological polar surface area (TPSA) is 37.8 Å². The van der Waals surface area contributed by atoms with Crippen molar-refractivity contribution in [1.82, 2.24) is 9.55 Å². The summed E-state index contributed by atoms with van der Waals surface area (Å²) in [5.41, 5.74) is 3.04. The third kappa shape index (κ3) is 1.74. The highest BCUT2D eigenvalue weighted by atomic mass is 79.9. The Kier molecular flexibility index (Phi) is 3.21. The van der Waals surface area contributed by atoms with Gasteiger partial charge in [-0.15, -0.1) is 0 Å². The fourth-order valence-corrected chi connectivity index (χ4v) is 3.45. The van der Waals surface area contributed by atoms with Gasteiger partial charge in [0.2, 0.25) is 0 Å². The van der Waals surface area contributed by atoms with Gasteiger partial charge in [-0.25, -0.2) is 0 Å². The molecule has 2 aliphatic heterocycles. The van der Waals surface area contributed by atoms with E-state index in [-0.39, 0.29) is 11.6 Å². The SMILES string of the molecule is C=c1cc2n(C(CC)CC)c(=O)c3ccc(Br)c([nH]1)c3-2. The predicted octanol–water partition coefficient (Wildman–Crippen LogP) is 3.69. The normalized spacial score (nSPS) is 12.0. The number of aromatic amines is 1. The van der Waals surface area contributed by atoms with Crippen molar-refractivity contribution in [3.63, 3.8) is 0 Å². The van der Waals surface area contributed by atoms with Gasteiger partial charge < -0.3 is 9.55 Å². The molecular weight excluding hydrogens is 316 g/mol. The summed E-state index contributed by atoms with van der Waals surface area (Å²) in [4.78, 5) is 16.0. The van der Waals surface area contributed by atoms with E-state index in [1.165, 1.54) is 0 Å². The van der Waals surface area contributed by atoms with Crippen LogP contribution in [0.2, 0.25) is 0 Å². The molecule has 1 aromatic carbocycles. The van der Waals surface area contributed by atoms with Crippen LogP contribution in [0.3, 0.4) is 0 Å². The molecule has 0 unspecified atom stereocenters.